The zero-order chi connectivity index (χ0) is 16.5. The van der Waals surface area contributed by atoms with Gasteiger partial charge in [0.15, 0.2) is 0 Å². The fourth-order valence-corrected chi connectivity index (χ4v) is 4.59. The van der Waals surface area contributed by atoms with E-state index in [-0.39, 0.29) is 5.91 Å². The van der Waals surface area contributed by atoms with Gasteiger partial charge in [-0.05, 0) is 18.6 Å². The zero-order valence-corrected chi connectivity index (χ0v) is 14.5. The number of benzene rings is 1. The molecule has 2 aromatic rings. The Hall–Kier alpha value is -1.92. The summed E-state index contributed by atoms with van der Waals surface area (Å²) in [7, 11) is 1.68. The van der Waals surface area contributed by atoms with E-state index in [0.29, 0.717) is 18.4 Å². The van der Waals surface area contributed by atoms with E-state index in [0.717, 1.165) is 42.4 Å². The largest absolute Gasteiger partial charge is 0.497 e. The highest BCUT2D eigenvalue weighted by Gasteiger charge is 2.36. The topological polar surface area (TPSA) is 54.5 Å². The average Bonchev–Trinajstić information content (AvgIpc) is 3.20. The van der Waals surface area contributed by atoms with E-state index < -0.39 is 0 Å². The van der Waals surface area contributed by atoms with Gasteiger partial charge in [-0.2, -0.15) is 0 Å². The lowest BCUT2D eigenvalue weighted by molar-refractivity contribution is -0.119. The molecule has 5 nitrogen and oxygen atoms in total. The monoisotopic (exact) mass is 343 g/mol. The van der Waals surface area contributed by atoms with Gasteiger partial charge in [-0.15, -0.1) is 11.3 Å². The Bertz CT molecular complexity index is 745. The molecule has 0 saturated carbocycles. The lowest BCUT2D eigenvalue weighted by atomic mass is 9.93. The maximum absolute atomic E-state index is 11.5. The summed E-state index contributed by atoms with van der Waals surface area (Å²) in [6.07, 6.45) is 3.71. The molecule has 2 aliphatic heterocycles. The van der Waals surface area contributed by atoms with Crippen LogP contribution in [0.5, 0.6) is 5.75 Å². The fraction of sp³-hybridized carbons (Fsp3) is 0.444. The van der Waals surface area contributed by atoms with E-state index in [1.807, 2.05) is 24.4 Å². The SMILES string of the molecule is COc1cccc(-c2ncc(CN3CC[C@@H]4NC(=O)C[C@@H]4C3)s2)c1. The number of fused-ring (bicyclic) bond motifs is 1. The summed E-state index contributed by atoms with van der Waals surface area (Å²) in [6, 6.07) is 8.40. The van der Waals surface area contributed by atoms with Crippen LogP contribution in [0.25, 0.3) is 10.6 Å². The molecule has 0 bridgehead atoms. The van der Waals surface area contributed by atoms with Crippen molar-refractivity contribution in [3.63, 3.8) is 0 Å². The summed E-state index contributed by atoms with van der Waals surface area (Å²) in [4.78, 5) is 19.8. The fourth-order valence-electron chi connectivity index (χ4n) is 3.64. The van der Waals surface area contributed by atoms with Crippen LogP contribution in [-0.2, 0) is 11.3 Å². The normalized spacial score (nSPS) is 23.8. The molecule has 126 valence electrons. The highest BCUT2D eigenvalue weighted by molar-refractivity contribution is 7.15. The average molecular weight is 343 g/mol. The number of amides is 1. The maximum Gasteiger partial charge on any atom is 0.220 e. The van der Waals surface area contributed by atoms with Crippen molar-refractivity contribution in [2.75, 3.05) is 20.2 Å². The molecular formula is C18H21N3O2S. The first kappa shape index (κ1) is 15.6. The number of rotatable bonds is 4. The van der Waals surface area contributed by atoms with Crippen LogP contribution >= 0.6 is 11.3 Å². The predicted octanol–water partition coefficient (Wildman–Crippen LogP) is 2.53. The number of nitrogens with one attached hydrogen (secondary N) is 1. The number of ether oxygens (including phenoxy) is 1. The number of methoxy groups -OCH3 is 1. The smallest absolute Gasteiger partial charge is 0.220 e. The van der Waals surface area contributed by atoms with Gasteiger partial charge in [0.2, 0.25) is 5.91 Å². The molecule has 1 N–H and O–H groups in total. The summed E-state index contributed by atoms with van der Waals surface area (Å²) >= 11 is 1.73. The number of aromatic nitrogens is 1. The molecule has 0 radical (unpaired) electrons. The highest BCUT2D eigenvalue weighted by Crippen LogP contribution is 2.30. The van der Waals surface area contributed by atoms with Crippen LogP contribution in [-0.4, -0.2) is 42.0 Å². The lowest BCUT2D eigenvalue weighted by Gasteiger charge is -2.33. The van der Waals surface area contributed by atoms with Gasteiger partial charge < -0.3 is 10.1 Å². The number of likely N-dealkylation sites (tertiary alicyclic amines) is 1. The molecular weight excluding hydrogens is 322 g/mol. The molecule has 0 aliphatic carbocycles. The Morgan fingerprint density at radius 2 is 2.38 bits per heavy atom. The number of nitrogens with zero attached hydrogens (tertiary/aromatic N) is 2. The lowest BCUT2D eigenvalue weighted by Crippen LogP contribution is -2.44. The van der Waals surface area contributed by atoms with Gasteiger partial charge in [0.05, 0.1) is 7.11 Å². The van der Waals surface area contributed by atoms with Gasteiger partial charge in [0, 0.05) is 54.7 Å². The molecule has 24 heavy (non-hydrogen) atoms. The minimum absolute atomic E-state index is 0.213. The van der Waals surface area contributed by atoms with Gasteiger partial charge in [0.1, 0.15) is 10.8 Å². The number of piperidine rings is 1. The third kappa shape index (κ3) is 3.16. The first-order chi connectivity index (χ1) is 11.7. The molecule has 2 fully saturated rings. The molecule has 4 rings (SSSR count). The summed E-state index contributed by atoms with van der Waals surface area (Å²) in [5, 5.41) is 4.11. The number of hydrogen-bond acceptors (Lipinski definition) is 5. The summed E-state index contributed by atoms with van der Waals surface area (Å²) < 4.78 is 5.29. The Balaban J connectivity index is 1.43. The van der Waals surface area contributed by atoms with Crippen molar-refractivity contribution in [2.45, 2.75) is 25.4 Å². The van der Waals surface area contributed by atoms with Crippen LogP contribution in [0.15, 0.2) is 30.5 Å². The third-order valence-electron chi connectivity index (χ3n) is 4.86. The second kappa shape index (κ2) is 6.53. The molecule has 2 saturated heterocycles. The highest BCUT2D eigenvalue weighted by atomic mass is 32.1. The molecule has 2 atom stereocenters. The van der Waals surface area contributed by atoms with E-state index in [1.165, 1.54) is 4.88 Å². The van der Waals surface area contributed by atoms with Crippen LogP contribution in [0.1, 0.15) is 17.7 Å². The van der Waals surface area contributed by atoms with Crippen LogP contribution < -0.4 is 10.1 Å². The number of hydrogen-bond donors (Lipinski definition) is 1. The Labute approximate surface area is 145 Å². The molecule has 0 spiro atoms. The zero-order valence-electron chi connectivity index (χ0n) is 13.7. The quantitative estimate of drug-likeness (QED) is 0.927. The van der Waals surface area contributed by atoms with Gasteiger partial charge in [-0.25, -0.2) is 4.98 Å². The van der Waals surface area contributed by atoms with Crippen LogP contribution in [0, 0.1) is 5.92 Å². The molecule has 6 heteroatoms. The Morgan fingerprint density at radius 1 is 1.46 bits per heavy atom. The number of thiazole rings is 1. The van der Waals surface area contributed by atoms with Gasteiger partial charge in [0.25, 0.3) is 0 Å². The van der Waals surface area contributed by atoms with E-state index in [9.17, 15) is 4.79 Å². The predicted molar refractivity (Wildman–Crippen MR) is 94.0 cm³/mol. The molecule has 1 aromatic carbocycles. The van der Waals surface area contributed by atoms with Crippen molar-refractivity contribution in [1.29, 1.82) is 0 Å². The second-order valence-electron chi connectivity index (χ2n) is 6.53. The van der Waals surface area contributed by atoms with Gasteiger partial charge in [-0.3, -0.25) is 9.69 Å². The van der Waals surface area contributed by atoms with Crippen LogP contribution in [0.4, 0.5) is 0 Å². The number of carbonyl (C=O) groups excluding carboxylic acids is 1. The molecule has 0 unspecified atom stereocenters. The summed E-state index contributed by atoms with van der Waals surface area (Å²) in [6.45, 7) is 2.95. The van der Waals surface area contributed by atoms with Crippen molar-refractivity contribution in [3.8, 4) is 16.3 Å². The van der Waals surface area contributed by atoms with Crippen molar-refractivity contribution >= 4 is 17.2 Å². The van der Waals surface area contributed by atoms with E-state index in [4.69, 9.17) is 4.74 Å². The third-order valence-corrected chi connectivity index (χ3v) is 5.89. The standard InChI is InChI=1S/C18H21N3O2S/c1-23-14-4-2-3-12(7-14)18-19-9-15(24-18)11-21-6-5-16-13(10-21)8-17(22)20-16/h2-4,7,9,13,16H,5-6,8,10-11H2,1H3,(H,20,22)/t13-,16+/m1/s1. The summed E-state index contributed by atoms with van der Waals surface area (Å²) in [5.74, 6) is 1.53. The van der Waals surface area contributed by atoms with Crippen molar-refractivity contribution in [2.24, 2.45) is 5.92 Å². The van der Waals surface area contributed by atoms with Crippen LogP contribution in [0.3, 0.4) is 0 Å². The molecule has 1 amide bonds. The van der Waals surface area contributed by atoms with Crippen molar-refractivity contribution in [1.82, 2.24) is 15.2 Å². The van der Waals surface area contributed by atoms with Gasteiger partial charge >= 0.3 is 0 Å². The Kier molecular flexibility index (Phi) is 4.24. The maximum atomic E-state index is 11.5. The van der Waals surface area contributed by atoms with E-state index in [1.54, 1.807) is 18.4 Å². The van der Waals surface area contributed by atoms with Gasteiger partial charge in [-0.1, -0.05) is 12.1 Å². The molecule has 2 aliphatic rings. The minimum Gasteiger partial charge on any atom is -0.497 e. The second-order valence-corrected chi connectivity index (χ2v) is 7.64. The summed E-state index contributed by atoms with van der Waals surface area (Å²) in [5.41, 5.74) is 1.09. The molecule has 1 aromatic heterocycles. The van der Waals surface area contributed by atoms with E-state index >= 15 is 0 Å². The van der Waals surface area contributed by atoms with E-state index in [2.05, 4.69) is 21.3 Å². The number of carbonyl (C=O) groups is 1. The Morgan fingerprint density at radius 3 is 3.25 bits per heavy atom. The first-order valence-electron chi connectivity index (χ1n) is 8.32. The van der Waals surface area contributed by atoms with Crippen LogP contribution in [0.2, 0.25) is 0 Å². The van der Waals surface area contributed by atoms with Crippen molar-refractivity contribution < 1.29 is 9.53 Å². The van der Waals surface area contributed by atoms with Crippen molar-refractivity contribution in [3.05, 3.63) is 35.3 Å². The molecule has 3 heterocycles. The minimum atomic E-state index is 0.213. The first-order valence-corrected chi connectivity index (χ1v) is 9.14.